The summed E-state index contributed by atoms with van der Waals surface area (Å²) in [7, 11) is -3.39. The first-order valence-corrected chi connectivity index (χ1v) is 9.01. The quantitative estimate of drug-likeness (QED) is 0.775. The topological polar surface area (TPSA) is 72.2 Å². The molecule has 0 spiro atoms. The van der Waals surface area contributed by atoms with Crippen LogP contribution in [0.2, 0.25) is 0 Å². The van der Waals surface area contributed by atoms with E-state index in [1.165, 1.54) is 11.3 Å². The molecule has 1 aromatic rings. The Morgan fingerprint density at radius 1 is 1.32 bits per heavy atom. The normalized spacial score (nSPS) is 13.9. The minimum atomic E-state index is -3.39. The molecule has 0 fully saturated rings. The van der Waals surface area contributed by atoms with Crippen LogP contribution >= 0.6 is 11.3 Å². The number of thiophene rings is 1. The Balaban J connectivity index is 2.54. The van der Waals surface area contributed by atoms with Crippen molar-refractivity contribution in [1.29, 1.82) is 0 Å². The van der Waals surface area contributed by atoms with Crippen LogP contribution in [0.3, 0.4) is 0 Å². The number of hydrogen-bond donors (Lipinski definition) is 2. The van der Waals surface area contributed by atoms with Crippen molar-refractivity contribution < 1.29 is 8.42 Å². The first-order chi connectivity index (χ1) is 8.85. The molecule has 3 N–H and O–H groups in total. The fourth-order valence-corrected chi connectivity index (χ4v) is 4.33. The van der Waals surface area contributed by atoms with Gasteiger partial charge in [-0.2, -0.15) is 0 Å². The Labute approximate surface area is 120 Å². The summed E-state index contributed by atoms with van der Waals surface area (Å²) in [4.78, 5) is 0. The summed E-state index contributed by atoms with van der Waals surface area (Å²) < 4.78 is 27.3. The van der Waals surface area contributed by atoms with E-state index in [4.69, 9.17) is 5.73 Å². The molecule has 0 aliphatic carbocycles. The largest absolute Gasteiger partial charge is 0.326 e. The summed E-state index contributed by atoms with van der Waals surface area (Å²) in [6, 6.07) is 1.61. The number of nitrogens with one attached hydrogen (secondary N) is 1. The minimum Gasteiger partial charge on any atom is -0.326 e. The molecule has 0 bridgehead atoms. The molecule has 0 radical (unpaired) electrons. The van der Waals surface area contributed by atoms with Gasteiger partial charge in [-0.3, -0.25) is 0 Å². The average Bonchev–Trinajstić information content (AvgIpc) is 2.76. The second kappa shape index (κ2) is 7.38. The third-order valence-corrected chi connectivity index (χ3v) is 5.98. The van der Waals surface area contributed by atoms with Crippen LogP contribution in [0.15, 0.2) is 15.7 Å². The zero-order valence-electron chi connectivity index (χ0n) is 11.8. The molecule has 0 saturated carbocycles. The molecule has 1 rings (SSSR count). The van der Waals surface area contributed by atoms with E-state index in [9.17, 15) is 8.42 Å². The molecule has 4 nitrogen and oxygen atoms in total. The van der Waals surface area contributed by atoms with Gasteiger partial charge in [0.25, 0.3) is 0 Å². The molecule has 1 aromatic heterocycles. The van der Waals surface area contributed by atoms with Gasteiger partial charge in [0, 0.05) is 12.6 Å². The lowest BCUT2D eigenvalue weighted by molar-refractivity contribution is 0.489. The van der Waals surface area contributed by atoms with Gasteiger partial charge < -0.3 is 5.73 Å². The zero-order chi connectivity index (χ0) is 14.5. The summed E-state index contributed by atoms with van der Waals surface area (Å²) in [6.45, 7) is 6.63. The highest BCUT2D eigenvalue weighted by atomic mass is 32.2. The van der Waals surface area contributed by atoms with Crippen molar-refractivity contribution in [3.63, 3.8) is 0 Å². The molecule has 1 heterocycles. The van der Waals surface area contributed by atoms with Crippen LogP contribution in [0.1, 0.15) is 45.6 Å². The average molecular weight is 304 g/mol. The highest BCUT2D eigenvalue weighted by Crippen LogP contribution is 2.20. The van der Waals surface area contributed by atoms with E-state index in [1.807, 2.05) is 6.92 Å². The maximum atomic E-state index is 12.1. The first kappa shape index (κ1) is 16.6. The van der Waals surface area contributed by atoms with Crippen molar-refractivity contribution in [2.75, 3.05) is 0 Å². The summed E-state index contributed by atoms with van der Waals surface area (Å²) in [5, 5.41) is 1.79. The van der Waals surface area contributed by atoms with Gasteiger partial charge in [0.1, 0.15) is 4.21 Å². The standard InChI is InChI=1S/C13H24N2O2S2/c1-10(2)5-4-6-11(3)15-19(16,17)13-7-12(8-14)9-18-13/h7,9-11,15H,4-6,8,14H2,1-3H3. The highest BCUT2D eigenvalue weighted by molar-refractivity contribution is 7.91. The predicted molar refractivity (Wildman–Crippen MR) is 80.7 cm³/mol. The highest BCUT2D eigenvalue weighted by Gasteiger charge is 2.19. The molecular formula is C13H24N2O2S2. The van der Waals surface area contributed by atoms with Gasteiger partial charge in [-0.1, -0.05) is 26.7 Å². The minimum absolute atomic E-state index is 0.0350. The Bertz CT molecular complexity index is 481. The van der Waals surface area contributed by atoms with E-state index in [-0.39, 0.29) is 6.04 Å². The van der Waals surface area contributed by atoms with Gasteiger partial charge in [0.15, 0.2) is 0 Å². The van der Waals surface area contributed by atoms with E-state index >= 15 is 0 Å². The van der Waals surface area contributed by atoms with Crippen LogP contribution in [-0.4, -0.2) is 14.5 Å². The fraction of sp³-hybridized carbons (Fsp3) is 0.692. The van der Waals surface area contributed by atoms with Gasteiger partial charge in [0.05, 0.1) is 0 Å². The number of hydrogen-bond acceptors (Lipinski definition) is 4. The second-order valence-electron chi connectivity index (χ2n) is 5.33. The van der Waals surface area contributed by atoms with Crippen LogP contribution in [0, 0.1) is 5.92 Å². The van der Waals surface area contributed by atoms with E-state index in [0.717, 1.165) is 24.8 Å². The van der Waals surface area contributed by atoms with Crippen LogP contribution in [0.4, 0.5) is 0 Å². The number of rotatable bonds is 8. The van der Waals surface area contributed by atoms with Crippen molar-refractivity contribution in [1.82, 2.24) is 4.72 Å². The Hall–Kier alpha value is -0.430. The van der Waals surface area contributed by atoms with Crippen molar-refractivity contribution in [2.24, 2.45) is 11.7 Å². The van der Waals surface area contributed by atoms with E-state index in [1.54, 1.807) is 11.4 Å². The van der Waals surface area contributed by atoms with Gasteiger partial charge in [-0.05, 0) is 36.3 Å². The van der Waals surface area contributed by atoms with Crippen molar-refractivity contribution in [2.45, 2.75) is 56.8 Å². The second-order valence-corrected chi connectivity index (χ2v) is 8.18. The van der Waals surface area contributed by atoms with Crippen molar-refractivity contribution in [3.05, 3.63) is 17.0 Å². The Morgan fingerprint density at radius 2 is 2.00 bits per heavy atom. The molecular weight excluding hydrogens is 280 g/mol. The fourth-order valence-electron chi connectivity index (χ4n) is 1.82. The van der Waals surface area contributed by atoms with E-state index in [2.05, 4.69) is 18.6 Å². The molecule has 19 heavy (non-hydrogen) atoms. The molecule has 6 heteroatoms. The third kappa shape index (κ3) is 5.60. The zero-order valence-corrected chi connectivity index (χ0v) is 13.5. The molecule has 0 aromatic carbocycles. The number of sulfonamides is 1. The van der Waals surface area contributed by atoms with E-state index < -0.39 is 10.0 Å². The molecule has 0 aliphatic heterocycles. The maximum absolute atomic E-state index is 12.1. The van der Waals surface area contributed by atoms with Gasteiger partial charge in [-0.15, -0.1) is 11.3 Å². The molecule has 0 amide bonds. The van der Waals surface area contributed by atoms with Crippen LogP contribution in [0.5, 0.6) is 0 Å². The SMILES string of the molecule is CC(C)CCCC(C)NS(=O)(=O)c1cc(CN)cs1. The Morgan fingerprint density at radius 3 is 2.53 bits per heavy atom. The molecule has 110 valence electrons. The maximum Gasteiger partial charge on any atom is 0.250 e. The molecule has 1 unspecified atom stereocenters. The lowest BCUT2D eigenvalue weighted by Gasteiger charge is -2.13. The Kier molecular flexibility index (Phi) is 6.46. The summed E-state index contributed by atoms with van der Waals surface area (Å²) in [6.07, 6.45) is 3.04. The smallest absolute Gasteiger partial charge is 0.250 e. The van der Waals surface area contributed by atoms with Crippen LogP contribution in [0.25, 0.3) is 0 Å². The molecule has 1 atom stereocenters. The van der Waals surface area contributed by atoms with Gasteiger partial charge >= 0.3 is 0 Å². The van der Waals surface area contributed by atoms with Gasteiger partial charge in [-0.25, -0.2) is 13.1 Å². The van der Waals surface area contributed by atoms with Crippen LogP contribution in [-0.2, 0) is 16.6 Å². The van der Waals surface area contributed by atoms with Crippen LogP contribution < -0.4 is 10.5 Å². The van der Waals surface area contributed by atoms with Crippen molar-refractivity contribution >= 4 is 21.4 Å². The van der Waals surface area contributed by atoms with Gasteiger partial charge in [0.2, 0.25) is 10.0 Å². The number of nitrogens with two attached hydrogens (primary N) is 1. The summed E-state index contributed by atoms with van der Waals surface area (Å²) in [5.74, 6) is 0.660. The third-order valence-electron chi connectivity index (χ3n) is 2.91. The summed E-state index contributed by atoms with van der Waals surface area (Å²) in [5.41, 5.74) is 6.35. The monoisotopic (exact) mass is 304 g/mol. The predicted octanol–water partition coefficient (Wildman–Crippen LogP) is 2.70. The first-order valence-electron chi connectivity index (χ1n) is 6.65. The van der Waals surface area contributed by atoms with E-state index in [0.29, 0.717) is 16.7 Å². The lowest BCUT2D eigenvalue weighted by atomic mass is 10.0. The summed E-state index contributed by atoms with van der Waals surface area (Å²) >= 11 is 1.22. The molecule has 0 aliphatic rings. The van der Waals surface area contributed by atoms with Crippen molar-refractivity contribution in [3.8, 4) is 0 Å². The molecule has 0 saturated heterocycles. The lowest BCUT2D eigenvalue weighted by Crippen LogP contribution is -2.32.